The van der Waals surface area contributed by atoms with Crippen molar-refractivity contribution < 1.29 is 10.2 Å². The van der Waals surface area contributed by atoms with Crippen LogP contribution in [0.4, 0.5) is 11.8 Å². The first-order valence-corrected chi connectivity index (χ1v) is 11.4. The van der Waals surface area contributed by atoms with Crippen molar-refractivity contribution in [3.63, 3.8) is 0 Å². The third-order valence-corrected chi connectivity index (χ3v) is 5.71. The number of nitrogens with one attached hydrogen (secondary N) is 2. The van der Waals surface area contributed by atoms with Gasteiger partial charge in [-0.3, -0.25) is 0 Å². The van der Waals surface area contributed by atoms with E-state index in [-0.39, 0.29) is 43.2 Å². The second kappa shape index (κ2) is 10.3. The SMILES string of the molecule is CC(C)c1nnc2c(N[C@H](CO)c3ccccc3)nc(N[C@@H](CO)C(C)C)n(C(C)C)c1-2. The fraction of sp³-hybridized carbons (Fsp3) is 0.542. The van der Waals surface area contributed by atoms with Crippen molar-refractivity contribution >= 4 is 11.8 Å². The summed E-state index contributed by atoms with van der Waals surface area (Å²) in [4.78, 5) is 4.89. The molecule has 1 aromatic rings. The van der Waals surface area contributed by atoms with Crippen LogP contribution < -0.4 is 10.6 Å². The molecule has 2 aliphatic rings. The third kappa shape index (κ3) is 4.86. The Kier molecular flexibility index (Phi) is 7.69. The van der Waals surface area contributed by atoms with Crippen LogP contribution in [0.2, 0.25) is 0 Å². The van der Waals surface area contributed by atoms with Crippen LogP contribution in [-0.4, -0.2) is 49.2 Å². The number of aliphatic hydroxyl groups is 2. The Morgan fingerprint density at radius 2 is 1.59 bits per heavy atom. The van der Waals surface area contributed by atoms with Gasteiger partial charge in [-0.05, 0) is 31.2 Å². The minimum Gasteiger partial charge on any atom is -0.394 e. The summed E-state index contributed by atoms with van der Waals surface area (Å²) in [6, 6.07) is 9.38. The Labute approximate surface area is 190 Å². The number of nitrogens with zero attached hydrogens (tertiary/aromatic N) is 4. The molecule has 2 heterocycles. The van der Waals surface area contributed by atoms with E-state index in [1.165, 1.54) is 0 Å². The molecule has 8 nitrogen and oxygen atoms in total. The molecule has 0 fully saturated rings. The Morgan fingerprint density at radius 3 is 2.12 bits per heavy atom. The Hall–Kier alpha value is -2.71. The first kappa shape index (κ1) is 23.9. The Morgan fingerprint density at radius 1 is 0.906 bits per heavy atom. The van der Waals surface area contributed by atoms with E-state index < -0.39 is 0 Å². The van der Waals surface area contributed by atoms with Gasteiger partial charge in [-0.25, -0.2) is 0 Å². The first-order valence-electron chi connectivity index (χ1n) is 11.4. The lowest BCUT2D eigenvalue weighted by molar-refractivity contribution is 0.248. The molecule has 0 saturated heterocycles. The maximum atomic E-state index is 10.1. The van der Waals surface area contributed by atoms with Gasteiger partial charge in [0, 0.05) is 6.04 Å². The lowest BCUT2D eigenvalue weighted by Gasteiger charge is -2.29. The minimum absolute atomic E-state index is 0.00390. The van der Waals surface area contributed by atoms with Crippen molar-refractivity contribution in [2.75, 3.05) is 23.8 Å². The van der Waals surface area contributed by atoms with Crippen molar-refractivity contribution in [1.29, 1.82) is 0 Å². The number of anilines is 2. The van der Waals surface area contributed by atoms with Crippen LogP contribution in [0.3, 0.4) is 0 Å². The normalized spacial score (nSPS) is 13.8. The van der Waals surface area contributed by atoms with Crippen LogP contribution in [0, 0.1) is 5.92 Å². The smallest absolute Gasteiger partial charge is 0.205 e. The highest BCUT2D eigenvalue weighted by Gasteiger charge is 2.30. The molecule has 0 spiro atoms. The number of hydrogen-bond donors (Lipinski definition) is 4. The highest BCUT2D eigenvalue weighted by molar-refractivity contribution is 5.75. The topological polar surface area (TPSA) is 108 Å². The van der Waals surface area contributed by atoms with E-state index in [0.29, 0.717) is 17.5 Å². The lowest BCUT2D eigenvalue weighted by Crippen LogP contribution is -2.32. The second-order valence-corrected chi connectivity index (χ2v) is 9.15. The number of aliphatic hydroxyl groups excluding tert-OH is 2. The van der Waals surface area contributed by atoms with Crippen LogP contribution in [0.5, 0.6) is 0 Å². The van der Waals surface area contributed by atoms with Crippen molar-refractivity contribution in [3.05, 3.63) is 41.6 Å². The molecule has 3 rings (SSSR count). The zero-order chi connectivity index (χ0) is 23.4. The predicted molar refractivity (Wildman–Crippen MR) is 128 cm³/mol. The maximum Gasteiger partial charge on any atom is 0.205 e. The van der Waals surface area contributed by atoms with E-state index in [9.17, 15) is 10.2 Å². The van der Waals surface area contributed by atoms with Gasteiger partial charge in [-0.2, -0.15) is 10.1 Å². The van der Waals surface area contributed by atoms with Gasteiger partial charge in [0.2, 0.25) is 5.95 Å². The molecule has 174 valence electrons. The predicted octanol–water partition coefficient (Wildman–Crippen LogP) is 4.06. The van der Waals surface area contributed by atoms with Crippen molar-refractivity contribution in [1.82, 2.24) is 19.7 Å². The van der Waals surface area contributed by atoms with Gasteiger partial charge in [0.25, 0.3) is 0 Å². The summed E-state index contributed by atoms with van der Waals surface area (Å²) >= 11 is 0. The van der Waals surface area contributed by atoms with E-state index in [2.05, 4.69) is 66.9 Å². The van der Waals surface area contributed by atoms with Gasteiger partial charge in [-0.15, -0.1) is 5.10 Å². The molecule has 0 unspecified atom stereocenters. The number of aromatic nitrogens is 4. The zero-order valence-electron chi connectivity index (χ0n) is 19.9. The average Bonchev–Trinajstić information content (AvgIpc) is 3.21. The molecule has 2 aliphatic heterocycles. The van der Waals surface area contributed by atoms with Crippen molar-refractivity contribution in [2.45, 2.75) is 65.6 Å². The number of rotatable bonds is 10. The minimum atomic E-state index is -0.340. The highest BCUT2D eigenvalue weighted by atomic mass is 16.3. The molecule has 0 bridgehead atoms. The van der Waals surface area contributed by atoms with Crippen LogP contribution in [0.1, 0.15) is 70.8 Å². The molecule has 8 heteroatoms. The van der Waals surface area contributed by atoms with Gasteiger partial charge in [0.05, 0.1) is 36.7 Å². The van der Waals surface area contributed by atoms with E-state index in [0.717, 1.165) is 17.0 Å². The summed E-state index contributed by atoms with van der Waals surface area (Å²) in [6.45, 7) is 12.4. The van der Waals surface area contributed by atoms with Gasteiger partial charge in [-0.1, -0.05) is 58.0 Å². The summed E-state index contributed by atoms with van der Waals surface area (Å²) in [5, 5.41) is 35.8. The van der Waals surface area contributed by atoms with Gasteiger partial charge in [0.1, 0.15) is 0 Å². The average molecular weight is 441 g/mol. The highest BCUT2D eigenvalue weighted by Crippen LogP contribution is 2.38. The van der Waals surface area contributed by atoms with E-state index in [1.54, 1.807) is 0 Å². The summed E-state index contributed by atoms with van der Waals surface area (Å²) in [7, 11) is 0. The molecule has 0 saturated carbocycles. The maximum absolute atomic E-state index is 10.1. The summed E-state index contributed by atoms with van der Waals surface area (Å²) in [5.74, 6) is 1.59. The zero-order valence-corrected chi connectivity index (χ0v) is 19.9. The monoisotopic (exact) mass is 440 g/mol. The number of hydrogen-bond acceptors (Lipinski definition) is 7. The molecule has 0 radical (unpaired) electrons. The van der Waals surface area contributed by atoms with Gasteiger partial charge >= 0.3 is 0 Å². The number of benzene rings is 1. The standard InChI is InChI=1S/C24H36N6O2/c1-14(2)18(12-31)26-24-27-23(25-19(13-32)17-10-8-7-9-11-17)21-22(30(24)16(5)6)20(15(3)4)28-29-21/h7-11,14-16,18-19,25,31-32H,12-13H2,1-6H3,(H,26,27)/t18-,19+/m0/s1. The molecule has 0 aromatic heterocycles. The second-order valence-electron chi connectivity index (χ2n) is 9.15. The molecule has 1 aromatic carbocycles. The van der Waals surface area contributed by atoms with Crippen molar-refractivity contribution in [3.8, 4) is 11.4 Å². The molecule has 0 aliphatic carbocycles. The summed E-state index contributed by atoms with van der Waals surface area (Å²) < 4.78 is 2.11. The van der Waals surface area contributed by atoms with Crippen LogP contribution in [0.25, 0.3) is 11.4 Å². The fourth-order valence-corrected chi connectivity index (χ4v) is 3.80. The molecule has 4 N–H and O–H groups in total. The van der Waals surface area contributed by atoms with E-state index in [1.807, 2.05) is 30.3 Å². The largest absolute Gasteiger partial charge is 0.394 e. The molecular weight excluding hydrogens is 404 g/mol. The van der Waals surface area contributed by atoms with E-state index in [4.69, 9.17) is 4.98 Å². The third-order valence-electron chi connectivity index (χ3n) is 5.71. The lowest BCUT2D eigenvalue weighted by atomic mass is 10.0. The molecule has 0 amide bonds. The Bertz CT molecular complexity index is 970. The molecule has 2 atom stereocenters. The summed E-state index contributed by atoms with van der Waals surface area (Å²) in [6.07, 6.45) is 0. The van der Waals surface area contributed by atoms with Crippen LogP contribution in [-0.2, 0) is 0 Å². The summed E-state index contributed by atoms with van der Waals surface area (Å²) in [5.41, 5.74) is 3.44. The Balaban J connectivity index is 2.17. The fourth-order valence-electron chi connectivity index (χ4n) is 3.80. The first-order chi connectivity index (χ1) is 15.3. The van der Waals surface area contributed by atoms with Crippen LogP contribution in [0.15, 0.2) is 30.3 Å². The van der Waals surface area contributed by atoms with Crippen molar-refractivity contribution in [2.24, 2.45) is 5.92 Å². The molecule has 32 heavy (non-hydrogen) atoms. The van der Waals surface area contributed by atoms with Gasteiger partial charge in [0.15, 0.2) is 11.5 Å². The molecular formula is C24H36N6O2. The van der Waals surface area contributed by atoms with Gasteiger partial charge < -0.3 is 25.4 Å². The quantitative estimate of drug-likeness (QED) is 0.376. The van der Waals surface area contributed by atoms with Crippen LogP contribution >= 0.6 is 0 Å². The van der Waals surface area contributed by atoms with E-state index >= 15 is 0 Å². The number of fused-ring (bicyclic) bond motifs is 1.